The number of pyridine rings is 1. The first-order valence-corrected chi connectivity index (χ1v) is 12.7. The van der Waals surface area contributed by atoms with Gasteiger partial charge in [0.05, 0.1) is 5.69 Å². The van der Waals surface area contributed by atoms with Crippen LogP contribution in [0.1, 0.15) is 35.6 Å². The summed E-state index contributed by atoms with van der Waals surface area (Å²) in [6.07, 6.45) is 4.97. The van der Waals surface area contributed by atoms with Crippen molar-refractivity contribution < 1.29 is 13.9 Å². The molecular formula is C30H31FN4O2. The molecule has 0 atom stereocenters. The third-order valence-corrected chi connectivity index (χ3v) is 6.96. The van der Waals surface area contributed by atoms with Gasteiger partial charge in [0.2, 0.25) is 0 Å². The molecule has 4 aromatic rings. The number of benzene rings is 2. The van der Waals surface area contributed by atoms with Crippen LogP contribution < -0.4 is 5.32 Å². The zero-order valence-electron chi connectivity index (χ0n) is 20.9. The molecule has 2 N–H and O–H groups in total. The van der Waals surface area contributed by atoms with Crippen molar-refractivity contribution in [1.82, 2.24) is 20.2 Å². The van der Waals surface area contributed by atoms with Gasteiger partial charge in [0.15, 0.2) is 0 Å². The number of hydrogen-bond donors (Lipinski definition) is 2. The van der Waals surface area contributed by atoms with Crippen LogP contribution in [0.5, 0.6) is 0 Å². The Labute approximate surface area is 216 Å². The second-order valence-electron chi connectivity index (χ2n) is 9.34. The molecule has 1 aliphatic heterocycles. The Balaban J connectivity index is 1.39. The van der Waals surface area contributed by atoms with E-state index in [9.17, 15) is 9.18 Å². The van der Waals surface area contributed by atoms with Crippen LogP contribution >= 0.6 is 0 Å². The van der Waals surface area contributed by atoms with Gasteiger partial charge in [0.25, 0.3) is 0 Å². The largest absolute Gasteiger partial charge is 0.445 e. The number of nitrogens with one attached hydrogen (secondary N) is 2. The highest BCUT2D eigenvalue weighted by atomic mass is 19.1. The number of carbonyl (C=O) groups excluding carboxylic acids is 1. The van der Waals surface area contributed by atoms with E-state index in [0.29, 0.717) is 19.6 Å². The van der Waals surface area contributed by atoms with E-state index in [0.717, 1.165) is 46.5 Å². The number of rotatable bonds is 7. The van der Waals surface area contributed by atoms with Crippen LogP contribution in [0, 0.1) is 5.82 Å². The van der Waals surface area contributed by atoms with Crippen molar-refractivity contribution in [3.05, 3.63) is 102 Å². The van der Waals surface area contributed by atoms with Gasteiger partial charge in [-0.25, -0.2) is 9.18 Å². The van der Waals surface area contributed by atoms with Crippen molar-refractivity contribution in [2.75, 3.05) is 20.1 Å². The normalized spacial score (nSPS) is 14.1. The predicted octanol–water partition coefficient (Wildman–Crippen LogP) is 6.12. The van der Waals surface area contributed by atoms with Gasteiger partial charge in [-0.05, 0) is 78.5 Å². The molecule has 0 unspecified atom stereocenters. The number of amides is 1. The van der Waals surface area contributed by atoms with Crippen LogP contribution in [0.15, 0.2) is 79.1 Å². The molecule has 1 saturated heterocycles. The van der Waals surface area contributed by atoms with Crippen LogP contribution in [0.4, 0.5) is 9.18 Å². The second kappa shape index (κ2) is 11.4. The molecule has 0 radical (unpaired) electrons. The Morgan fingerprint density at radius 2 is 1.73 bits per heavy atom. The van der Waals surface area contributed by atoms with Gasteiger partial charge >= 0.3 is 6.09 Å². The molecule has 1 aliphatic rings. The number of aromatic amines is 1. The quantitative estimate of drug-likeness (QED) is 0.322. The number of halogens is 1. The molecule has 2 aromatic heterocycles. The average Bonchev–Trinajstić information content (AvgIpc) is 3.32. The van der Waals surface area contributed by atoms with E-state index in [4.69, 9.17) is 4.74 Å². The number of likely N-dealkylation sites (tertiary alicyclic amines) is 1. The average molecular weight is 499 g/mol. The van der Waals surface area contributed by atoms with Crippen LogP contribution in [0.2, 0.25) is 0 Å². The zero-order chi connectivity index (χ0) is 25.6. The minimum absolute atomic E-state index is 0.260. The zero-order valence-corrected chi connectivity index (χ0v) is 20.9. The predicted molar refractivity (Wildman–Crippen MR) is 142 cm³/mol. The van der Waals surface area contributed by atoms with E-state index < -0.39 is 0 Å². The summed E-state index contributed by atoms with van der Waals surface area (Å²) in [7, 11) is 1.94. The van der Waals surface area contributed by atoms with Crippen molar-refractivity contribution >= 4 is 6.09 Å². The molecule has 6 nitrogen and oxygen atoms in total. The summed E-state index contributed by atoms with van der Waals surface area (Å²) in [5.41, 5.74) is 7.39. The van der Waals surface area contributed by atoms with Crippen molar-refractivity contribution in [3.63, 3.8) is 0 Å². The maximum atomic E-state index is 13.7. The van der Waals surface area contributed by atoms with E-state index in [1.54, 1.807) is 17.3 Å². The summed E-state index contributed by atoms with van der Waals surface area (Å²) in [5.74, 6) is -0.000676. The Kier molecular flexibility index (Phi) is 7.61. The van der Waals surface area contributed by atoms with E-state index in [2.05, 4.69) is 15.3 Å². The molecule has 0 bridgehead atoms. The van der Waals surface area contributed by atoms with Crippen LogP contribution in [0.3, 0.4) is 0 Å². The first-order chi connectivity index (χ1) is 18.1. The molecule has 2 aromatic carbocycles. The number of nitrogens with zero attached hydrogens (tertiary/aromatic N) is 2. The molecule has 0 saturated carbocycles. The van der Waals surface area contributed by atoms with Gasteiger partial charge in [-0.15, -0.1) is 0 Å². The lowest BCUT2D eigenvalue weighted by Gasteiger charge is -2.31. The van der Waals surface area contributed by atoms with Gasteiger partial charge < -0.3 is 19.9 Å². The number of aromatic nitrogens is 2. The highest BCUT2D eigenvalue weighted by Gasteiger charge is 2.30. The number of ether oxygens (including phenoxy) is 1. The number of carbonyl (C=O) groups is 1. The van der Waals surface area contributed by atoms with Crippen LogP contribution in [-0.4, -0.2) is 41.1 Å². The molecule has 0 spiro atoms. The Morgan fingerprint density at radius 3 is 2.41 bits per heavy atom. The molecular weight excluding hydrogens is 467 g/mol. The minimum Gasteiger partial charge on any atom is -0.445 e. The Morgan fingerprint density at radius 1 is 1.03 bits per heavy atom. The van der Waals surface area contributed by atoms with Crippen molar-refractivity contribution in [1.29, 1.82) is 0 Å². The monoisotopic (exact) mass is 498 g/mol. The fraction of sp³-hybridized carbons (Fsp3) is 0.267. The fourth-order valence-corrected chi connectivity index (χ4v) is 5.10. The van der Waals surface area contributed by atoms with Gasteiger partial charge in [-0.1, -0.05) is 30.3 Å². The Bertz CT molecular complexity index is 1320. The standard InChI is InChI=1S/C30H31FN4O2/c1-32-19-26-27(22-11-15-33-16-12-22)29(23-7-9-25(31)10-8-23)34-28(26)24-13-17-35(18-14-24)30(36)37-20-21-5-3-2-4-6-21/h2-12,15-16,24,32,34H,13-14,17-20H2,1H3. The molecule has 0 aliphatic carbocycles. The van der Waals surface area contributed by atoms with Gasteiger partial charge in [-0.3, -0.25) is 4.98 Å². The SMILES string of the molecule is CNCc1c(C2CCN(C(=O)OCc3ccccc3)CC2)[nH]c(-c2ccc(F)cc2)c1-c1ccncc1. The third-order valence-electron chi connectivity index (χ3n) is 6.96. The maximum absolute atomic E-state index is 13.7. The second-order valence-corrected chi connectivity index (χ2v) is 9.34. The lowest BCUT2D eigenvalue weighted by atomic mass is 9.89. The number of piperidine rings is 1. The number of H-pyrrole nitrogens is 1. The summed E-state index contributed by atoms with van der Waals surface area (Å²) < 4.78 is 19.3. The molecule has 5 rings (SSSR count). The smallest absolute Gasteiger partial charge is 0.410 e. The van der Waals surface area contributed by atoms with Gasteiger partial charge in [-0.2, -0.15) is 0 Å². The van der Waals surface area contributed by atoms with Gasteiger partial charge in [0.1, 0.15) is 12.4 Å². The van der Waals surface area contributed by atoms with Crippen molar-refractivity contribution in [2.45, 2.75) is 31.9 Å². The maximum Gasteiger partial charge on any atom is 0.410 e. The van der Waals surface area contributed by atoms with E-state index in [1.165, 1.54) is 17.7 Å². The Hall–Kier alpha value is -3.97. The first-order valence-electron chi connectivity index (χ1n) is 12.7. The van der Waals surface area contributed by atoms with Crippen molar-refractivity contribution in [3.8, 4) is 22.4 Å². The fourth-order valence-electron chi connectivity index (χ4n) is 5.10. The topological polar surface area (TPSA) is 70.2 Å². The summed E-state index contributed by atoms with van der Waals surface area (Å²) >= 11 is 0. The lowest BCUT2D eigenvalue weighted by molar-refractivity contribution is 0.0868. The third kappa shape index (κ3) is 5.57. The van der Waals surface area contributed by atoms with Crippen LogP contribution in [0.25, 0.3) is 22.4 Å². The summed E-state index contributed by atoms with van der Waals surface area (Å²) in [6, 6.07) is 20.3. The lowest BCUT2D eigenvalue weighted by Crippen LogP contribution is -2.38. The summed E-state index contributed by atoms with van der Waals surface area (Å²) in [5, 5.41) is 3.33. The summed E-state index contributed by atoms with van der Waals surface area (Å²) in [6.45, 7) is 2.22. The summed E-state index contributed by atoms with van der Waals surface area (Å²) in [4.78, 5) is 22.4. The van der Waals surface area contributed by atoms with Crippen LogP contribution in [-0.2, 0) is 17.9 Å². The minimum atomic E-state index is -0.270. The van der Waals surface area contributed by atoms with Gasteiger partial charge in [0, 0.05) is 49.2 Å². The molecule has 37 heavy (non-hydrogen) atoms. The number of hydrogen-bond acceptors (Lipinski definition) is 4. The molecule has 1 fully saturated rings. The highest BCUT2D eigenvalue weighted by Crippen LogP contribution is 2.41. The van der Waals surface area contributed by atoms with Crippen molar-refractivity contribution in [2.24, 2.45) is 0 Å². The van der Waals surface area contributed by atoms with E-state index >= 15 is 0 Å². The van der Waals surface area contributed by atoms with E-state index in [-0.39, 0.29) is 24.4 Å². The molecule has 3 heterocycles. The first kappa shape index (κ1) is 24.7. The molecule has 7 heteroatoms. The van der Waals surface area contributed by atoms with E-state index in [1.807, 2.05) is 61.6 Å². The highest BCUT2D eigenvalue weighted by molar-refractivity contribution is 5.85. The molecule has 1 amide bonds. The molecule has 190 valence electrons.